The predicted octanol–water partition coefficient (Wildman–Crippen LogP) is -0.0800. The number of nitrogens with one attached hydrogen (secondary N) is 1. The molecule has 6 heteroatoms. The summed E-state index contributed by atoms with van der Waals surface area (Å²) in [7, 11) is 1.80. The fraction of sp³-hybridized carbons (Fsp3) is 0.938. The number of aliphatic imine (C=N–C) groups is 1. The van der Waals surface area contributed by atoms with E-state index in [9.17, 15) is 0 Å². The molecule has 126 valence electrons. The first-order valence-electron chi connectivity index (χ1n) is 8.78. The third-order valence-corrected chi connectivity index (χ3v) is 5.17. The summed E-state index contributed by atoms with van der Waals surface area (Å²) in [6.07, 6.45) is 1.21. The molecule has 0 aromatic carbocycles. The zero-order valence-corrected chi connectivity index (χ0v) is 14.1. The van der Waals surface area contributed by atoms with Crippen molar-refractivity contribution in [2.75, 3.05) is 72.6 Å². The Bertz CT molecular complexity index is 381. The second-order valence-electron chi connectivity index (χ2n) is 6.74. The van der Waals surface area contributed by atoms with E-state index in [0.717, 1.165) is 38.7 Å². The van der Waals surface area contributed by atoms with Crippen molar-refractivity contribution in [3.8, 4) is 0 Å². The zero-order valence-electron chi connectivity index (χ0n) is 14.1. The van der Waals surface area contributed by atoms with Crippen LogP contribution < -0.4 is 5.32 Å². The standard InChI is InChI=1S/C16H31N5O/c1-3-17-16(21-5-4-14(11-21)13-22-2)18-10-15-12-19-6-8-20(15)9-7-19/h14-15H,3-13H2,1-2H3,(H,17,18). The Balaban J connectivity index is 1.56. The van der Waals surface area contributed by atoms with Crippen molar-refractivity contribution in [2.24, 2.45) is 10.9 Å². The molecule has 2 bridgehead atoms. The van der Waals surface area contributed by atoms with Gasteiger partial charge in [0.15, 0.2) is 5.96 Å². The van der Waals surface area contributed by atoms with Crippen LogP contribution in [0.2, 0.25) is 0 Å². The first-order chi connectivity index (χ1) is 10.8. The first-order valence-corrected chi connectivity index (χ1v) is 8.78. The Kier molecular flexibility index (Phi) is 5.55. The van der Waals surface area contributed by atoms with Crippen LogP contribution in [0.25, 0.3) is 0 Å². The van der Waals surface area contributed by atoms with Crippen LogP contribution in [0.4, 0.5) is 0 Å². The number of likely N-dealkylation sites (tertiary alicyclic amines) is 1. The van der Waals surface area contributed by atoms with Gasteiger partial charge in [0.2, 0.25) is 0 Å². The number of methoxy groups -OCH3 is 1. The van der Waals surface area contributed by atoms with E-state index in [1.807, 2.05) is 0 Å². The molecule has 0 aromatic heterocycles. The Labute approximate surface area is 134 Å². The lowest BCUT2D eigenvalue weighted by atomic mass is 10.1. The highest BCUT2D eigenvalue weighted by molar-refractivity contribution is 5.80. The molecule has 4 aliphatic rings. The maximum atomic E-state index is 5.30. The molecule has 4 rings (SSSR count). The first kappa shape index (κ1) is 16.0. The number of hydrogen-bond donors (Lipinski definition) is 1. The van der Waals surface area contributed by atoms with E-state index in [4.69, 9.17) is 9.73 Å². The summed E-state index contributed by atoms with van der Waals surface area (Å²) < 4.78 is 5.30. The Hall–Kier alpha value is -0.850. The monoisotopic (exact) mass is 309 g/mol. The van der Waals surface area contributed by atoms with Crippen molar-refractivity contribution < 1.29 is 4.74 Å². The molecule has 4 fully saturated rings. The van der Waals surface area contributed by atoms with Crippen molar-refractivity contribution in [3.05, 3.63) is 0 Å². The van der Waals surface area contributed by atoms with Crippen molar-refractivity contribution in [3.63, 3.8) is 0 Å². The summed E-state index contributed by atoms with van der Waals surface area (Å²) in [5, 5.41) is 3.47. The largest absolute Gasteiger partial charge is 0.384 e. The smallest absolute Gasteiger partial charge is 0.193 e. The summed E-state index contributed by atoms with van der Waals surface area (Å²) in [6.45, 7) is 13.1. The minimum Gasteiger partial charge on any atom is -0.384 e. The number of ether oxygens (including phenoxy) is 1. The maximum Gasteiger partial charge on any atom is 0.193 e. The molecule has 1 N–H and O–H groups in total. The fourth-order valence-electron chi connectivity index (χ4n) is 3.91. The SMILES string of the molecule is CCNC(=NCC1CN2CCN1CC2)N1CCC(COC)C1. The molecule has 22 heavy (non-hydrogen) atoms. The number of rotatable bonds is 5. The molecule has 0 saturated carbocycles. The van der Waals surface area contributed by atoms with Crippen molar-refractivity contribution in [1.29, 1.82) is 0 Å². The van der Waals surface area contributed by atoms with Gasteiger partial charge in [-0.2, -0.15) is 0 Å². The lowest BCUT2D eigenvalue weighted by Crippen LogP contribution is -2.62. The van der Waals surface area contributed by atoms with E-state index in [0.29, 0.717) is 12.0 Å². The van der Waals surface area contributed by atoms with Gasteiger partial charge < -0.3 is 15.0 Å². The lowest BCUT2D eigenvalue weighted by Gasteiger charge is -2.47. The molecular weight excluding hydrogens is 278 g/mol. The average molecular weight is 309 g/mol. The summed E-state index contributed by atoms with van der Waals surface area (Å²) in [6, 6.07) is 0.605. The van der Waals surface area contributed by atoms with Gasteiger partial charge in [-0.25, -0.2) is 0 Å². The van der Waals surface area contributed by atoms with Gasteiger partial charge in [0.1, 0.15) is 0 Å². The van der Waals surface area contributed by atoms with E-state index in [1.54, 1.807) is 7.11 Å². The molecule has 0 aromatic rings. The Morgan fingerprint density at radius 2 is 2.00 bits per heavy atom. The van der Waals surface area contributed by atoms with Gasteiger partial charge in [0.05, 0.1) is 13.2 Å². The van der Waals surface area contributed by atoms with Gasteiger partial charge >= 0.3 is 0 Å². The minimum absolute atomic E-state index is 0.605. The summed E-state index contributed by atoms with van der Waals surface area (Å²) >= 11 is 0. The van der Waals surface area contributed by atoms with Crippen LogP contribution >= 0.6 is 0 Å². The van der Waals surface area contributed by atoms with Crippen LogP contribution in [-0.4, -0.2) is 99.3 Å². The molecule has 2 atom stereocenters. The summed E-state index contributed by atoms with van der Waals surface area (Å²) in [5.74, 6) is 1.74. The molecule has 0 radical (unpaired) electrons. The molecule has 4 heterocycles. The van der Waals surface area contributed by atoms with Crippen molar-refractivity contribution in [2.45, 2.75) is 19.4 Å². The molecular formula is C16H31N5O. The third kappa shape index (κ3) is 3.73. The molecule has 0 spiro atoms. The molecule has 4 aliphatic heterocycles. The molecule has 6 nitrogen and oxygen atoms in total. The Morgan fingerprint density at radius 3 is 2.64 bits per heavy atom. The van der Waals surface area contributed by atoms with Crippen molar-refractivity contribution in [1.82, 2.24) is 20.0 Å². The van der Waals surface area contributed by atoms with Crippen LogP contribution in [-0.2, 0) is 4.74 Å². The normalized spacial score (nSPS) is 35.2. The van der Waals surface area contributed by atoms with Crippen LogP contribution in [0.15, 0.2) is 4.99 Å². The van der Waals surface area contributed by atoms with Gasteiger partial charge in [-0.3, -0.25) is 14.8 Å². The highest BCUT2D eigenvalue weighted by Gasteiger charge is 2.32. The number of hydrogen-bond acceptors (Lipinski definition) is 4. The van der Waals surface area contributed by atoms with E-state index in [2.05, 4.69) is 26.9 Å². The Morgan fingerprint density at radius 1 is 1.18 bits per heavy atom. The van der Waals surface area contributed by atoms with Gasteiger partial charge in [-0.15, -0.1) is 0 Å². The lowest BCUT2D eigenvalue weighted by molar-refractivity contribution is 0.0173. The van der Waals surface area contributed by atoms with Gasteiger partial charge in [-0.05, 0) is 13.3 Å². The third-order valence-electron chi connectivity index (χ3n) is 5.17. The second-order valence-corrected chi connectivity index (χ2v) is 6.74. The van der Waals surface area contributed by atoms with E-state index >= 15 is 0 Å². The summed E-state index contributed by atoms with van der Waals surface area (Å²) in [5.41, 5.74) is 0. The van der Waals surface area contributed by atoms with E-state index in [-0.39, 0.29) is 0 Å². The fourth-order valence-corrected chi connectivity index (χ4v) is 3.91. The number of nitrogens with zero attached hydrogens (tertiary/aromatic N) is 4. The second kappa shape index (κ2) is 7.62. The minimum atomic E-state index is 0.605. The average Bonchev–Trinajstić information content (AvgIpc) is 3.01. The number of fused-ring (bicyclic) bond motifs is 3. The number of guanidine groups is 1. The van der Waals surface area contributed by atoms with Gasteiger partial charge in [0.25, 0.3) is 0 Å². The topological polar surface area (TPSA) is 43.3 Å². The van der Waals surface area contributed by atoms with Crippen LogP contribution in [0.3, 0.4) is 0 Å². The van der Waals surface area contributed by atoms with Crippen LogP contribution in [0, 0.1) is 5.92 Å². The van der Waals surface area contributed by atoms with Crippen LogP contribution in [0.5, 0.6) is 0 Å². The molecule has 0 amide bonds. The highest BCUT2D eigenvalue weighted by Crippen LogP contribution is 2.18. The summed E-state index contributed by atoms with van der Waals surface area (Å²) in [4.78, 5) is 12.6. The molecule has 0 aliphatic carbocycles. The predicted molar refractivity (Wildman–Crippen MR) is 89.3 cm³/mol. The van der Waals surface area contributed by atoms with Crippen molar-refractivity contribution >= 4 is 5.96 Å². The van der Waals surface area contributed by atoms with E-state index in [1.165, 1.54) is 39.1 Å². The quantitative estimate of drug-likeness (QED) is 0.568. The van der Waals surface area contributed by atoms with E-state index < -0.39 is 0 Å². The van der Waals surface area contributed by atoms with Crippen LogP contribution in [0.1, 0.15) is 13.3 Å². The molecule has 2 unspecified atom stereocenters. The highest BCUT2D eigenvalue weighted by atomic mass is 16.5. The zero-order chi connectivity index (χ0) is 15.4. The number of piperazine rings is 3. The van der Waals surface area contributed by atoms with Gasteiger partial charge in [-0.1, -0.05) is 0 Å². The maximum absolute atomic E-state index is 5.30. The molecule has 4 saturated heterocycles. The van der Waals surface area contributed by atoms with Gasteiger partial charge in [0, 0.05) is 71.4 Å².